The van der Waals surface area contributed by atoms with Crippen molar-refractivity contribution >= 4 is 17.6 Å². The molecule has 1 aromatic heterocycles. The van der Waals surface area contributed by atoms with E-state index in [1.165, 1.54) is 0 Å². The first kappa shape index (κ1) is 18.0. The molecule has 0 radical (unpaired) electrons. The number of para-hydroxylation sites is 1. The number of carbonyl (C=O) groups excluding carboxylic acids is 2. The van der Waals surface area contributed by atoms with Crippen molar-refractivity contribution in [3.8, 4) is 5.75 Å². The lowest BCUT2D eigenvalue weighted by atomic mass is 10.1. The number of aromatic nitrogens is 2. The maximum atomic E-state index is 12.8. The highest BCUT2D eigenvalue weighted by Gasteiger charge is 2.34. The van der Waals surface area contributed by atoms with Gasteiger partial charge in [-0.15, -0.1) is 0 Å². The summed E-state index contributed by atoms with van der Waals surface area (Å²) in [4.78, 5) is 26.9. The van der Waals surface area contributed by atoms with E-state index in [0.717, 1.165) is 17.0 Å². The van der Waals surface area contributed by atoms with Crippen molar-refractivity contribution in [1.29, 1.82) is 0 Å². The Morgan fingerprint density at radius 3 is 2.88 bits per heavy atom. The lowest BCUT2D eigenvalue weighted by Crippen LogP contribution is -2.52. The van der Waals surface area contributed by atoms with E-state index in [1.807, 2.05) is 44.2 Å². The number of anilines is 1. The molecule has 0 spiro atoms. The first-order chi connectivity index (χ1) is 12.5. The number of ether oxygens (including phenoxy) is 1. The van der Waals surface area contributed by atoms with Crippen LogP contribution in [0.15, 0.2) is 30.3 Å². The van der Waals surface area contributed by atoms with Gasteiger partial charge in [-0.3, -0.25) is 14.5 Å². The van der Waals surface area contributed by atoms with Gasteiger partial charge in [0.05, 0.1) is 19.3 Å². The summed E-state index contributed by atoms with van der Waals surface area (Å²) < 4.78 is 7.12. The fraction of sp³-hybridized carbons (Fsp3) is 0.421. The van der Waals surface area contributed by atoms with Crippen LogP contribution in [0.1, 0.15) is 31.0 Å². The van der Waals surface area contributed by atoms with E-state index in [9.17, 15) is 9.59 Å². The molecule has 7 nitrogen and oxygen atoms in total. The first-order valence-corrected chi connectivity index (χ1v) is 8.81. The molecule has 138 valence electrons. The van der Waals surface area contributed by atoms with Gasteiger partial charge >= 0.3 is 0 Å². The number of hydrogen-bond donors (Lipinski definition) is 1. The fourth-order valence-electron chi connectivity index (χ4n) is 3.31. The quantitative estimate of drug-likeness (QED) is 0.859. The van der Waals surface area contributed by atoms with Crippen LogP contribution in [0.2, 0.25) is 0 Å². The summed E-state index contributed by atoms with van der Waals surface area (Å²) in [5.41, 5.74) is 1.73. The minimum atomic E-state index is -0.563. The third-order valence-corrected chi connectivity index (χ3v) is 4.58. The standard InChI is InChI=1S/C19H24N4O3/c1-4-15(19(25)20-12-14-7-5-6-8-16(14)26-3)23-17-11-13(2)21-22(17)10-9-18(23)24/h5-8,11,15H,4,9-10,12H2,1-3H3,(H,20,25)/t15-/m1/s1. The molecule has 1 aliphatic heterocycles. The van der Waals surface area contributed by atoms with Crippen molar-refractivity contribution in [1.82, 2.24) is 15.1 Å². The molecule has 1 N–H and O–H groups in total. The highest BCUT2D eigenvalue weighted by atomic mass is 16.5. The second kappa shape index (κ2) is 7.59. The number of nitrogens with zero attached hydrogens (tertiary/aromatic N) is 3. The van der Waals surface area contributed by atoms with E-state index in [0.29, 0.717) is 31.7 Å². The highest BCUT2D eigenvalue weighted by Crippen LogP contribution is 2.26. The molecular weight excluding hydrogens is 332 g/mol. The summed E-state index contributed by atoms with van der Waals surface area (Å²) in [5.74, 6) is 1.19. The SMILES string of the molecule is CC[C@H](C(=O)NCc1ccccc1OC)N1C(=O)CCn2nc(C)cc21. The Bertz CT molecular complexity index is 815. The number of carbonyl (C=O) groups is 2. The number of benzene rings is 1. The van der Waals surface area contributed by atoms with E-state index in [2.05, 4.69) is 10.4 Å². The maximum Gasteiger partial charge on any atom is 0.243 e. The van der Waals surface area contributed by atoms with Crippen molar-refractivity contribution in [3.63, 3.8) is 0 Å². The Labute approximate surface area is 152 Å². The largest absolute Gasteiger partial charge is 0.496 e. The van der Waals surface area contributed by atoms with Crippen molar-refractivity contribution < 1.29 is 14.3 Å². The van der Waals surface area contributed by atoms with Crippen LogP contribution in [0, 0.1) is 6.92 Å². The van der Waals surface area contributed by atoms with Crippen LogP contribution in [0.5, 0.6) is 5.75 Å². The topological polar surface area (TPSA) is 76.5 Å². The Kier molecular flexibility index (Phi) is 5.25. The van der Waals surface area contributed by atoms with E-state index in [-0.39, 0.29) is 11.8 Å². The molecular formula is C19H24N4O3. The summed E-state index contributed by atoms with van der Waals surface area (Å²) in [6, 6.07) is 8.84. The van der Waals surface area contributed by atoms with Gasteiger partial charge in [0, 0.05) is 24.6 Å². The number of hydrogen-bond acceptors (Lipinski definition) is 4. The lowest BCUT2D eigenvalue weighted by Gasteiger charge is -2.33. The Balaban J connectivity index is 1.78. The molecule has 0 saturated heterocycles. The van der Waals surface area contributed by atoms with Crippen LogP contribution < -0.4 is 15.0 Å². The highest BCUT2D eigenvalue weighted by molar-refractivity contribution is 6.01. The molecule has 7 heteroatoms. The van der Waals surface area contributed by atoms with Gasteiger partial charge in [0.15, 0.2) is 0 Å². The number of rotatable bonds is 6. The molecule has 2 heterocycles. The Morgan fingerprint density at radius 1 is 1.38 bits per heavy atom. The number of amides is 2. The summed E-state index contributed by atoms with van der Waals surface area (Å²) >= 11 is 0. The smallest absolute Gasteiger partial charge is 0.243 e. The van der Waals surface area contributed by atoms with Crippen LogP contribution >= 0.6 is 0 Å². The second-order valence-electron chi connectivity index (χ2n) is 6.33. The minimum absolute atomic E-state index is 0.0447. The number of aryl methyl sites for hydroxylation is 2. The molecule has 0 unspecified atom stereocenters. The predicted octanol–water partition coefficient (Wildman–Crippen LogP) is 2.03. The van der Waals surface area contributed by atoms with Gasteiger partial charge in [0.2, 0.25) is 11.8 Å². The van der Waals surface area contributed by atoms with Gasteiger partial charge < -0.3 is 10.1 Å². The molecule has 0 fully saturated rings. The maximum absolute atomic E-state index is 12.8. The van der Waals surface area contributed by atoms with Crippen molar-refractivity contribution in [2.24, 2.45) is 0 Å². The monoisotopic (exact) mass is 356 g/mol. The molecule has 26 heavy (non-hydrogen) atoms. The first-order valence-electron chi connectivity index (χ1n) is 8.81. The molecule has 0 bridgehead atoms. The van der Waals surface area contributed by atoms with E-state index < -0.39 is 6.04 Å². The molecule has 2 aromatic rings. The van der Waals surface area contributed by atoms with Gasteiger partial charge in [-0.25, -0.2) is 4.68 Å². The van der Waals surface area contributed by atoms with E-state index >= 15 is 0 Å². The number of methoxy groups -OCH3 is 1. The molecule has 1 aliphatic rings. The van der Waals surface area contributed by atoms with Crippen LogP contribution in [0.4, 0.5) is 5.82 Å². The van der Waals surface area contributed by atoms with Gasteiger partial charge in [-0.2, -0.15) is 5.10 Å². The zero-order chi connectivity index (χ0) is 18.7. The summed E-state index contributed by atoms with van der Waals surface area (Å²) in [6.45, 7) is 4.69. The molecule has 0 aliphatic carbocycles. The minimum Gasteiger partial charge on any atom is -0.496 e. The van der Waals surface area contributed by atoms with E-state index in [1.54, 1.807) is 16.7 Å². The average molecular weight is 356 g/mol. The number of nitrogens with one attached hydrogen (secondary N) is 1. The Hall–Kier alpha value is -2.83. The van der Waals surface area contributed by atoms with Crippen LogP contribution in [-0.4, -0.2) is 34.7 Å². The van der Waals surface area contributed by atoms with Gasteiger partial charge in [-0.1, -0.05) is 25.1 Å². The molecule has 1 aromatic carbocycles. The molecule has 2 amide bonds. The third kappa shape index (κ3) is 3.42. The van der Waals surface area contributed by atoms with Crippen LogP contribution in [-0.2, 0) is 22.7 Å². The zero-order valence-corrected chi connectivity index (χ0v) is 15.4. The average Bonchev–Trinajstić information content (AvgIpc) is 3.03. The Morgan fingerprint density at radius 2 is 2.15 bits per heavy atom. The van der Waals surface area contributed by atoms with Crippen LogP contribution in [0.3, 0.4) is 0 Å². The molecule has 1 atom stereocenters. The summed E-state index contributed by atoms with van der Waals surface area (Å²) in [5, 5.41) is 7.34. The lowest BCUT2D eigenvalue weighted by molar-refractivity contribution is -0.127. The van der Waals surface area contributed by atoms with E-state index in [4.69, 9.17) is 4.74 Å². The molecule has 0 saturated carbocycles. The fourth-order valence-corrected chi connectivity index (χ4v) is 3.31. The van der Waals surface area contributed by atoms with Crippen molar-refractivity contribution in [2.45, 2.75) is 45.8 Å². The normalized spacial score (nSPS) is 14.7. The summed E-state index contributed by atoms with van der Waals surface area (Å²) in [6.07, 6.45) is 0.873. The van der Waals surface area contributed by atoms with Gasteiger partial charge in [-0.05, 0) is 19.4 Å². The van der Waals surface area contributed by atoms with Crippen molar-refractivity contribution in [3.05, 3.63) is 41.6 Å². The van der Waals surface area contributed by atoms with Gasteiger partial charge in [0.25, 0.3) is 0 Å². The summed E-state index contributed by atoms with van der Waals surface area (Å²) in [7, 11) is 1.60. The third-order valence-electron chi connectivity index (χ3n) is 4.58. The van der Waals surface area contributed by atoms with Crippen LogP contribution in [0.25, 0.3) is 0 Å². The zero-order valence-electron chi connectivity index (χ0n) is 15.4. The predicted molar refractivity (Wildman–Crippen MR) is 98.0 cm³/mol. The molecule has 3 rings (SSSR count). The number of fused-ring (bicyclic) bond motifs is 1. The van der Waals surface area contributed by atoms with Gasteiger partial charge in [0.1, 0.15) is 17.6 Å². The second-order valence-corrected chi connectivity index (χ2v) is 6.33. The van der Waals surface area contributed by atoms with Crippen molar-refractivity contribution in [2.75, 3.05) is 12.0 Å².